The lowest BCUT2D eigenvalue weighted by molar-refractivity contribution is -0.141. The number of phenolic OH excluding ortho intramolecular Hbond substituents is 1. The van der Waals surface area contributed by atoms with Gasteiger partial charge in [0.2, 0.25) is 0 Å². The van der Waals surface area contributed by atoms with Gasteiger partial charge in [-0.1, -0.05) is 6.07 Å². The number of alkyl halides is 3. The van der Waals surface area contributed by atoms with Crippen LogP contribution in [0.15, 0.2) is 18.2 Å². The van der Waals surface area contributed by atoms with E-state index in [0.717, 1.165) is 0 Å². The number of halogens is 3. The summed E-state index contributed by atoms with van der Waals surface area (Å²) >= 11 is 0. The Labute approximate surface area is 101 Å². The lowest BCUT2D eigenvalue weighted by Crippen LogP contribution is -2.11. The largest absolute Gasteiger partial charge is 0.506 e. The van der Waals surface area contributed by atoms with Crippen LogP contribution in [0.3, 0.4) is 0 Å². The van der Waals surface area contributed by atoms with Gasteiger partial charge < -0.3 is 9.84 Å². The van der Waals surface area contributed by atoms with E-state index in [0.29, 0.717) is 5.39 Å². The highest BCUT2D eigenvalue weighted by atomic mass is 19.4. The molecule has 96 valence electrons. The third-order valence-corrected chi connectivity index (χ3v) is 2.65. The van der Waals surface area contributed by atoms with E-state index in [1.807, 2.05) is 0 Å². The zero-order chi connectivity index (χ0) is 13.5. The average Bonchev–Trinajstić information content (AvgIpc) is 2.27. The Morgan fingerprint density at radius 3 is 2.50 bits per heavy atom. The molecule has 1 aromatic carbocycles. The molecule has 1 N–H and O–H groups in total. The quantitative estimate of drug-likeness (QED) is 0.852. The molecule has 0 aliphatic rings. The van der Waals surface area contributed by atoms with Gasteiger partial charge in [-0.2, -0.15) is 13.2 Å². The number of nitrogens with zero attached hydrogens (tertiary/aromatic N) is 1. The third-order valence-electron chi connectivity index (χ3n) is 2.65. The number of benzene rings is 1. The number of aromatic nitrogens is 1. The van der Waals surface area contributed by atoms with Crippen molar-refractivity contribution in [2.24, 2.45) is 0 Å². The van der Waals surface area contributed by atoms with Crippen LogP contribution >= 0.6 is 0 Å². The topological polar surface area (TPSA) is 42.4 Å². The van der Waals surface area contributed by atoms with Gasteiger partial charge in [0.1, 0.15) is 17.0 Å². The summed E-state index contributed by atoms with van der Waals surface area (Å²) in [5.41, 5.74) is -1.26. The predicted molar refractivity (Wildman–Crippen MR) is 59.7 cm³/mol. The molecule has 2 aromatic rings. The number of para-hydroxylation sites is 1. The van der Waals surface area contributed by atoms with Crippen molar-refractivity contribution in [3.63, 3.8) is 0 Å². The Hall–Kier alpha value is -1.98. The second kappa shape index (κ2) is 4.04. The number of ether oxygens (including phenoxy) is 1. The summed E-state index contributed by atoms with van der Waals surface area (Å²) in [6.45, 7) is 1.29. The van der Waals surface area contributed by atoms with Crippen LogP contribution in [0, 0.1) is 6.92 Å². The van der Waals surface area contributed by atoms with Gasteiger partial charge in [0, 0.05) is 10.9 Å². The molecule has 0 saturated heterocycles. The summed E-state index contributed by atoms with van der Waals surface area (Å²) < 4.78 is 43.5. The first-order valence-electron chi connectivity index (χ1n) is 5.09. The monoisotopic (exact) mass is 257 g/mol. The van der Waals surface area contributed by atoms with Crippen LogP contribution in [0.1, 0.15) is 11.3 Å². The van der Waals surface area contributed by atoms with Crippen LogP contribution in [0.5, 0.6) is 11.5 Å². The number of hydrogen-bond donors (Lipinski definition) is 1. The van der Waals surface area contributed by atoms with Crippen molar-refractivity contribution in [2.45, 2.75) is 13.1 Å². The molecule has 1 heterocycles. The van der Waals surface area contributed by atoms with Crippen LogP contribution in [0.2, 0.25) is 0 Å². The molecule has 6 heteroatoms. The summed E-state index contributed by atoms with van der Waals surface area (Å²) in [7, 11) is 1.28. The van der Waals surface area contributed by atoms with Crippen molar-refractivity contribution in [1.29, 1.82) is 0 Å². The Morgan fingerprint density at radius 2 is 1.94 bits per heavy atom. The van der Waals surface area contributed by atoms with Gasteiger partial charge >= 0.3 is 6.18 Å². The minimum atomic E-state index is -4.59. The smallest absolute Gasteiger partial charge is 0.433 e. The van der Waals surface area contributed by atoms with E-state index < -0.39 is 11.9 Å². The van der Waals surface area contributed by atoms with E-state index in [2.05, 4.69) is 4.98 Å². The van der Waals surface area contributed by atoms with Gasteiger partial charge in [0.15, 0.2) is 5.69 Å². The molecule has 0 fully saturated rings. The molecule has 2 rings (SSSR count). The molecule has 0 atom stereocenters. The van der Waals surface area contributed by atoms with Crippen molar-refractivity contribution in [3.05, 3.63) is 29.5 Å². The van der Waals surface area contributed by atoms with E-state index >= 15 is 0 Å². The first-order chi connectivity index (χ1) is 8.36. The molecule has 1 aromatic heterocycles. The summed E-state index contributed by atoms with van der Waals surface area (Å²) in [6.07, 6.45) is -4.59. The molecule has 0 bridgehead atoms. The molecule has 3 nitrogen and oxygen atoms in total. The summed E-state index contributed by atoms with van der Waals surface area (Å²) in [6, 6.07) is 4.35. The second-order valence-electron chi connectivity index (χ2n) is 3.79. The molecule has 0 saturated carbocycles. The number of methoxy groups -OCH3 is 1. The lowest BCUT2D eigenvalue weighted by atomic mass is 10.1. The highest BCUT2D eigenvalue weighted by molar-refractivity contribution is 5.91. The van der Waals surface area contributed by atoms with Crippen LogP contribution in [-0.4, -0.2) is 17.2 Å². The number of pyridine rings is 1. The highest BCUT2D eigenvalue weighted by Crippen LogP contribution is 2.39. The van der Waals surface area contributed by atoms with Gasteiger partial charge in [-0.3, -0.25) is 0 Å². The Morgan fingerprint density at radius 1 is 1.28 bits per heavy atom. The maximum atomic E-state index is 12.8. The molecule has 0 aliphatic carbocycles. The number of phenols is 1. The molecule has 0 aliphatic heterocycles. The fourth-order valence-corrected chi connectivity index (χ4v) is 1.88. The van der Waals surface area contributed by atoms with Crippen LogP contribution in [0.25, 0.3) is 10.9 Å². The molecule has 0 unspecified atom stereocenters. The molecular formula is C12H10F3NO2. The zero-order valence-electron chi connectivity index (χ0n) is 9.67. The van der Waals surface area contributed by atoms with Gasteiger partial charge in [0.25, 0.3) is 0 Å². The van der Waals surface area contributed by atoms with Crippen molar-refractivity contribution < 1.29 is 23.0 Å². The Kier molecular flexibility index (Phi) is 2.80. The van der Waals surface area contributed by atoms with Crippen molar-refractivity contribution in [3.8, 4) is 11.5 Å². The first kappa shape index (κ1) is 12.5. The molecular weight excluding hydrogens is 247 g/mol. The summed E-state index contributed by atoms with van der Waals surface area (Å²) in [4.78, 5) is 3.50. The maximum absolute atomic E-state index is 12.8. The van der Waals surface area contributed by atoms with Crippen molar-refractivity contribution in [2.75, 3.05) is 7.11 Å². The molecule has 0 amide bonds. The van der Waals surface area contributed by atoms with Gasteiger partial charge in [0.05, 0.1) is 7.11 Å². The van der Waals surface area contributed by atoms with E-state index in [1.165, 1.54) is 26.2 Å². The SMILES string of the molecule is COc1c(C)c(C(F)(F)F)nc2c(O)cccc12. The minimum Gasteiger partial charge on any atom is -0.506 e. The standard InChI is InChI=1S/C12H10F3NO2/c1-6-10(18-2)7-4-3-5-8(17)9(7)16-11(6)12(13,14)15/h3-5,17H,1-2H3. The molecule has 18 heavy (non-hydrogen) atoms. The summed E-state index contributed by atoms with van der Waals surface area (Å²) in [5, 5.41) is 9.94. The van der Waals surface area contributed by atoms with Gasteiger partial charge in [-0.15, -0.1) is 0 Å². The van der Waals surface area contributed by atoms with E-state index in [1.54, 1.807) is 6.07 Å². The number of aromatic hydroxyl groups is 1. The Balaban J connectivity index is 2.92. The maximum Gasteiger partial charge on any atom is 0.433 e. The number of rotatable bonds is 1. The molecule has 0 spiro atoms. The normalized spacial score (nSPS) is 11.8. The first-order valence-corrected chi connectivity index (χ1v) is 5.09. The van der Waals surface area contributed by atoms with Crippen LogP contribution < -0.4 is 4.74 Å². The van der Waals surface area contributed by atoms with Gasteiger partial charge in [-0.05, 0) is 19.1 Å². The van der Waals surface area contributed by atoms with E-state index in [9.17, 15) is 18.3 Å². The van der Waals surface area contributed by atoms with Crippen LogP contribution in [0.4, 0.5) is 13.2 Å². The second-order valence-corrected chi connectivity index (χ2v) is 3.79. The number of fused-ring (bicyclic) bond motifs is 1. The van der Waals surface area contributed by atoms with Crippen molar-refractivity contribution in [1.82, 2.24) is 4.98 Å². The average molecular weight is 257 g/mol. The fourth-order valence-electron chi connectivity index (χ4n) is 1.88. The predicted octanol–water partition coefficient (Wildman–Crippen LogP) is 3.28. The lowest BCUT2D eigenvalue weighted by Gasteiger charge is -2.15. The fraction of sp³-hybridized carbons (Fsp3) is 0.250. The third kappa shape index (κ3) is 1.83. The van der Waals surface area contributed by atoms with Crippen LogP contribution in [-0.2, 0) is 6.18 Å². The Bertz CT molecular complexity index is 608. The highest BCUT2D eigenvalue weighted by Gasteiger charge is 2.36. The van der Waals surface area contributed by atoms with Gasteiger partial charge in [-0.25, -0.2) is 4.98 Å². The van der Waals surface area contributed by atoms with E-state index in [-0.39, 0.29) is 22.6 Å². The minimum absolute atomic E-state index is 0.0724. The zero-order valence-corrected chi connectivity index (χ0v) is 9.67. The molecule has 0 radical (unpaired) electrons. The van der Waals surface area contributed by atoms with Crippen molar-refractivity contribution >= 4 is 10.9 Å². The number of hydrogen-bond acceptors (Lipinski definition) is 3. The summed E-state index contributed by atoms with van der Waals surface area (Å²) in [5.74, 6) is -0.237. The van der Waals surface area contributed by atoms with E-state index in [4.69, 9.17) is 4.74 Å².